The van der Waals surface area contributed by atoms with Gasteiger partial charge in [-0.15, -0.1) is 12.1 Å². The molecule has 7 heteroatoms. The summed E-state index contributed by atoms with van der Waals surface area (Å²) in [5, 5.41) is 0. The summed E-state index contributed by atoms with van der Waals surface area (Å²) in [5.74, 6) is 0.492. The van der Waals surface area contributed by atoms with Crippen molar-refractivity contribution in [3.05, 3.63) is 12.1 Å². The number of nitrogens with zero attached hydrogens (tertiary/aromatic N) is 1. The first-order valence-electron chi connectivity index (χ1n) is 5.52. The van der Waals surface area contributed by atoms with Crippen molar-refractivity contribution in [2.75, 3.05) is 33.4 Å². The maximum atomic E-state index is 12.3. The van der Waals surface area contributed by atoms with E-state index in [1.807, 2.05) is 4.90 Å². The standard InChI is InChI=1S/C10H18BF3NO.K/c1-9(11(12,13)14)7-15-5-3-10(4-6-15)8-16-2;/h10H,1,3-8H2,2H3;/q-1;+1. The van der Waals surface area contributed by atoms with Crippen molar-refractivity contribution in [3.63, 3.8) is 0 Å². The van der Waals surface area contributed by atoms with Crippen molar-refractivity contribution in [2.45, 2.75) is 12.8 Å². The van der Waals surface area contributed by atoms with Crippen LogP contribution in [0.5, 0.6) is 0 Å². The molecule has 1 rings (SSSR count). The average molecular weight is 275 g/mol. The quantitative estimate of drug-likeness (QED) is 0.615. The Bertz CT molecular complexity index is 242. The fourth-order valence-electron chi connectivity index (χ4n) is 1.94. The molecule has 0 aromatic carbocycles. The van der Waals surface area contributed by atoms with E-state index in [0.29, 0.717) is 25.6 Å². The van der Waals surface area contributed by atoms with Gasteiger partial charge in [0.1, 0.15) is 0 Å². The van der Waals surface area contributed by atoms with Crippen LogP contribution in [0.4, 0.5) is 12.9 Å². The minimum Gasteiger partial charge on any atom is -0.445 e. The molecule has 94 valence electrons. The first-order valence-corrected chi connectivity index (χ1v) is 5.52. The fraction of sp³-hybridized carbons (Fsp3) is 0.800. The Balaban J connectivity index is 0.00000256. The second kappa shape index (κ2) is 8.35. The summed E-state index contributed by atoms with van der Waals surface area (Å²) < 4.78 is 42.0. The number of likely N-dealkylation sites (tertiary alicyclic amines) is 1. The topological polar surface area (TPSA) is 12.5 Å². The number of hydrogen-bond acceptors (Lipinski definition) is 2. The van der Waals surface area contributed by atoms with Gasteiger partial charge in [0.05, 0.1) is 0 Å². The molecule has 17 heavy (non-hydrogen) atoms. The van der Waals surface area contributed by atoms with Crippen LogP contribution in [-0.4, -0.2) is 45.2 Å². The number of ether oxygens (including phenoxy) is 1. The SMILES string of the molecule is C=C(CN1CCC(COC)CC1)[B-](F)(F)F.[K+]. The molecule has 0 atom stereocenters. The van der Waals surface area contributed by atoms with Gasteiger partial charge in [0.25, 0.3) is 0 Å². The van der Waals surface area contributed by atoms with E-state index < -0.39 is 12.4 Å². The van der Waals surface area contributed by atoms with E-state index >= 15 is 0 Å². The second-order valence-electron chi connectivity index (χ2n) is 4.41. The van der Waals surface area contributed by atoms with Crippen molar-refractivity contribution in [1.29, 1.82) is 0 Å². The predicted molar refractivity (Wildman–Crippen MR) is 59.3 cm³/mol. The van der Waals surface area contributed by atoms with Crippen LogP contribution in [0.15, 0.2) is 12.1 Å². The molecule has 0 aromatic heterocycles. The Hall–Kier alpha value is 1.15. The zero-order chi connectivity index (χ0) is 12.2. The normalized spacial score (nSPS) is 18.8. The van der Waals surface area contributed by atoms with Crippen molar-refractivity contribution in [1.82, 2.24) is 4.90 Å². The molecule has 0 radical (unpaired) electrons. The minimum absolute atomic E-state index is 0. The molecular weight excluding hydrogens is 257 g/mol. The van der Waals surface area contributed by atoms with Gasteiger partial charge in [0.15, 0.2) is 0 Å². The van der Waals surface area contributed by atoms with Gasteiger partial charge >= 0.3 is 58.4 Å². The predicted octanol–water partition coefficient (Wildman–Crippen LogP) is -0.708. The van der Waals surface area contributed by atoms with Crippen LogP contribution in [-0.2, 0) is 4.74 Å². The molecule has 0 amide bonds. The summed E-state index contributed by atoms with van der Waals surface area (Å²) >= 11 is 0. The summed E-state index contributed by atoms with van der Waals surface area (Å²) in [6.07, 6.45) is 1.82. The Labute approximate surface area is 143 Å². The molecule has 1 fully saturated rings. The van der Waals surface area contributed by atoms with E-state index in [-0.39, 0.29) is 57.9 Å². The number of piperidine rings is 1. The van der Waals surface area contributed by atoms with Gasteiger partial charge in [0.2, 0.25) is 0 Å². The van der Waals surface area contributed by atoms with Crippen molar-refractivity contribution in [2.24, 2.45) is 5.92 Å². The van der Waals surface area contributed by atoms with Crippen LogP contribution in [0, 0.1) is 5.92 Å². The van der Waals surface area contributed by atoms with Crippen LogP contribution in [0.3, 0.4) is 0 Å². The Kier molecular flexibility index (Phi) is 8.91. The van der Waals surface area contributed by atoms with Crippen molar-refractivity contribution >= 4 is 6.98 Å². The molecule has 1 heterocycles. The molecule has 0 aromatic rings. The first-order chi connectivity index (χ1) is 7.43. The maximum Gasteiger partial charge on any atom is 1.00 e. The number of rotatable bonds is 5. The summed E-state index contributed by atoms with van der Waals surface area (Å²) in [6.45, 7) is 0.315. The third-order valence-electron chi connectivity index (χ3n) is 3.00. The molecule has 1 aliphatic heterocycles. The van der Waals surface area contributed by atoms with Crippen LogP contribution >= 0.6 is 0 Å². The number of hydrogen-bond donors (Lipinski definition) is 0. The summed E-state index contributed by atoms with van der Waals surface area (Å²) in [6, 6.07) is 0. The number of halogens is 3. The van der Waals surface area contributed by atoms with E-state index in [2.05, 4.69) is 6.58 Å². The van der Waals surface area contributed by atoms with E-state index in [1.165, 1.54) is 0 Å². The largest absolute Gasteiger partial charge is 1.00 e. The van der Waals surface area contributed by atoms with E-state index in [0.717, 1.165) is 12.8 Å². The molecular formula is C10H18BF3KNO. The molecule has 0 unspecified atom stereocenters. The minimum atomic E-state index is -4.88. The van der Waals surface area contributed by atoms with Crippen molar-refractivity contribution in [3.8, 4) is 0 Å². The van der Waals surface area contributed by atoms with E-state index in [1.54, 1.807) is 7.11 Å². The molecule has 0 aliphatic carbocycles. The van der Waals surface area contributed by atoms with Gasteiger partial charge in [-0.2, -0.15) is 0 Å². The molecule has 0 N–H and O–H groups in total. The molecule has 1 saturated heterocycles. The molecule has 0 saturated carbocycles. The zero-order valence-corrected chi connectivity index (χ0v) is 13.7. The van der Waals surface area contributed by atoms with Crippen LogP contribution in [0.1, 0.15) is 12.8 Å². The Morgan fingerprint density at radius 1 is 1.35 bits per heavy atom. The van der Waals surface area contributed by atoms with Gasteiger partial charge in [-0.3, -0.25) is 0 Å². The summed E-state index contributed by atoms with van der Waals surface area (Å²) in [7, 11) is 1.65. The summed E-state index contributed by atoms with van der Waals surface area (Å²) in [4.78, 5) is 1.82. The second-order valence-corrected chi connectivity index (χ2v) is 4.41. The van der Waals surface area contributed by atoms with Gasteiger partial charge in [0, 0.05) is 13.7 Å². The average Bonchev–Trinajstić information content (AvgIpc) is 2.20. The third kappa shape index (κ3) is 6.75. The smallest absolute Gasteiger partial charge is 0.445 e. The van der Waals surface area contributed by atoms with Crippen molar-refractivity contribution < 1.29 is 69.1 Å². The van der Waals surface area contributed by atoms with Gasteiger partial charge in [-0.05, 0) is 38.4 Å². The zero-order valence-electron chi connectivity index (χ0n) is 10.6. The molecule has 2 nitrogen and oxygen atoms in total. The van der Waals surface area contributed by atoms with Crippen LogP contribution < -0.4 is 51.4 Å². The first kappa shape index (κ1) is 18.2. The maximum absolute atomic E-state index is 12.3. The van der Waals surface area contributed by atoms with Crippen LogP contribution in [0.2, 0.25) is 0 Å². The van der Waals surface area contributed by atoms with E-state index in [4.69, 9.17) is 4.74 Å². The molecule has 0 bridgehead atoms. The monoisotopic (exact) mass is 275 g/mol. The van der Waals surface area contributed by atoms with Gasteiger partial charge in [-0.1, -0.05) is 0 Å². The Morgan fingerprint density at radius 3 is 2.29 bits per heavy atom. The van der Waals surface area contributed by atoms with Gasteiger partial charge in [-0.25, -0.2) is 0 Å². The van der Waals surface area contributed by atoms with E-state index in [9.17, 15) is 12.9 Å². The number of methoxy groups -OCH3 is 1. The van der Waals surface area contributed by atoms with Crippen LogP contribution in [0.25, 0.3) is 0 Å². The van der Waals surface area contributed by atoms with Gasteiger partial charge < -0.3 is 22.6 Å². The fourth-order valence-corrected chi connectivity index (χ4v) is 1.94. The third-order valence-corrected chi connectivity index (χ3v) is 3.00. The summed E-state index contributed by atoms with van der Waals surface area (Å²) in [5.41, 5.74) is -0.592. The molecule has 0 spiro atoms. The molecule has 1 aliphatic rings. The Morgan fingerprint density at radius 2 is 1.88 bits per heavy atom.